The Morgan fingerprint density at radius 2 is 1.76 bits per heavy atom. The van der Waals surface area contributed by atoms with E-state index in [1.807, 2.05) is 56.2 Å². The molecular weight excluding hydrogens is 524 g/mol. The van der Waals surface area contributed by atoms with Crippen LogP contribution in [0.3, 0.4) is 0 Å². The molecule has 11 heteroatoms. The minimum atomic E-state index is -0.456. The highest BCUT2D eigenvalue weighted by Gasteiger charge is 2.19. The lowest BCUT2D eigenvalue weighted by Crippen LogP contribution is -2.20. The third-order valence-electron chi connectivity index (χ3n) is 6.88. The Kier molecular flexibility index (Phi) is 6.80. The van der Waals surface area contributed by atoms with Gasteiger partial charge in [-0.05, 0) is 62.1 Å². The van der Waals surface area contributed by atoms with E-state index in [-0.39, 0.29) is 11.3 Å². The maximum atomic E-state index is 15.2. The number of nitrogens with zero attached hydrogens (tertiary/aromatic N) is 6. The number of halogens is 2. The molecule has 0 atom stereocenters. The summed E-state index contributed by atoms with van der Waals surface area (Å²) in [6.45, 7) is 1.47. The van der Waals surface area contributed by atoms with E-state index in [2.05, 4.69) is 30.5 Å². The summed E-state index contributed by atoms with van der Waals surface area (Å²) in [7, 11) is 7.82. The Labute approximate surface area is 235 Å². The molecule has 2 aromatic carbocycles. The van der Waals surface area contributed by atoms with Crippen molar-refractivity contribution in [1.29, 1.82) is 0 Å². The zero-order valence-corrected chi connectivity index (χ0v) is 23.1. The SMILES string of the molecule is CN(C)CCNc1cc(F)cc(-c2nccc3[nH]c(-c4[nH]nc5c(F)cc(-c6cncc(N(C)C)c6)cc45)nc23)c1. The second-order valence-corrected chi connectivity index (χ2v) is 10.4. The van der Waals surface area contributed by atoms with Crippen LogP contribution >= 0.6 is 0 Å². The molecule has 9 nitrogen and oxygen atoms in total. The van der Waals surface area contributed by atoms with Crippen LogP contribution in [0.4, 0.5) is 20.2 Å². The first-order chi connectivity index (χ1) is 19.8. The first kappa shape index (κ1) is 26.3. The normalized spacial score (nSPS) is 11.6. The van der Waals surface area contributed by atoms with Crippen LogP contribution in [0, 0.1) is 11.6 Å². The van der Waals surface area contributed by atoms with E-state index < -0.39 is 5.82 Å². The van der Waals surface area contributed by atoms with Crippen LogP contribution in [-0.4, -0.2) is 76.3 Å². The molecule has 4 heterocycles. The summed E-state index contributed by atoms with van der Waals surface area (Å²) >= 11 is 0. The Hall–Kier alpha value is -4.90. The number of hydrogen-bond acceptors (Lipinski definition) is 7. The lowest BCUT2D eigenvalue weighted by molar-refractivity contribution is 0.425. The Bertz CT molecular complexity index is 1870. The predicted octanol–water partition coefficient (Wildman–Crippen LogP) is 5.55. The molecule has 0 bridgehead atoms. The maximum absolute atomic E-state index is 15.2. The first-order valence-electron chi connectivity index (χ1n) is 13.1. The van der Waals surface area contributed by atoms with Crippen LogP contribution in [-0.2, 0) is 0 Å². The van der Waals surface area contributed by atoms with E-state index in [9.17, 15) is 4.39 Å². The van der Waals surface area contributed by atoms with Gasteiger partial charge < -0.3 is 20.1 Å². The van der Waals surface area contributed by atoms with Crippen molar-refractivity contribution >= 4 is 33.3 Å². The third kappa shape index (κ3) is 5.19. The summed E-state index contributed by atoms with van der Waals surface area (Å²) in [5, 5.41) is 11.0. The molecule has 0 aliphatic heterocycles. The van der Waals surface area contributed by atoms with Gasteiger partial charge in [0.1, 0.15) is 22.5 Å². The summed E-state index contributed by atoms with van der Waals surface area (Å²) in [4.78, 5) is 21.0. The number of H-pyrrole nitrogens is 2. The molecule has 0 unspecified atom stereocenters. The summed E-state index contributed by atoms with van der Waals surface area (Å²) < 4.78 is 29.8. The molecule has 6 rings (SSSR count). The van der Waals surface area contributed by atoms with Gasteiger partial charge in [0.2, 0.25) is 0 Å². The fraction of sp³-hybridized carbons (Fsp3) is 0.200. The van der Waals surface area contributed by atoms with Crippen molar-refractivity contribution in [2.75, 3.05) is 51.5 Å². The monoisotopic (exact) mass is 553 g/mol. The Balaban J connectivity index is 1.42. The van der Waals surface area contributed by atoms with E-state index in [1.54, 1.807) is 24.7 Å². The van der Waals surface area contributed by atoms with Crippen molar-refractivity contribution in [1.82, 2.24) is 35.0 Å². The highest BCUT2D eigenvalue weighted by Crippen LogP contribution is 2.34. The summed E-state index contributed by atoms with van der Waals surface area (Å²) in [5.74, 6) is -0.364. The number of rotatable bonds is 8. The lowest BCUT2D eigenvalue weighted by Gasteiger charge is -2.13. The number of nitrogens with one attached hydrogen (secondary N) is 3. The zero-order chi connectivity index (χ0) is 28.7. The maximum Gasteiger partial charge on any atom is 0.157 e. The number of pyridine rings is 2. The molecule has 0 radical (unpaired) electrons. The van der Waals surface area contributed by atoms with Crippen LogP contribution in [0.5, 0.6) is 0 Å². The number of hydrogen-bond donors (Lipinski definition) is 3. The van der Waals surface area contributed by atoms with E-state index in [1.165, 1.54) is 18.2 Å². The molecule has 0 aliphatic carbocycles. The molecule has 0 fully saturated rings. The summed E-state index contributed by atoms with van der Waals surface area (Å²) in [6.07, 6.45) is 5.11. The molecule has 0 amide bonds. The van der Waals surface area contributed by atoms with Gasteiger partial charge >= 0.3 is 0 Å². The minimum Gasteiger partial charge on any atom is -0.384 e. The number of aromatic amines is 2. The van der Waals surface area contributed by atoms with E-state index in [4.69, 9.17) is 4.98 Å². The molecule has 0 spiro atoms. The van der Waals surface area contributed by atoms with Gasteiger partial charge in [-0.2, -0.15) is 5.10 Å². The van der Waals surface area contributed by atoms with Crippen LogP contribution < -0.4 is 10.2 Å². The van der Waals surface area contributed by atoms with Crippen molar-refractivity contribution in [3.05, 3.63) is 72.7 Å². The lowest BCUT2D eigenvalue weighted by atomic mass is 10.0. The number of benzene rings is 2. The molecule has 0 saturated heterocycles. The smallest absolute Gasteiger partial charge is 0.157 e. The third-order valence-corrected chi connectivity index (χ3v) is 6.88. The van der Waals surface area contributed by atoms with Gasteiger partial charge in [-0.1, -0.05) is 0 Å². The van der Waals surface area contributed by atoms with Crippen LogP contribution in [0.15, 0.2) is 61.1 Å². The van der Waals surface area contributed by atoms with Gasteiger partial charge in [0.15, 0.2) is 11.6 Å². The van der Waals surface area contributed by atoms with E-state index in [0.717, 1.165) is 17.8 Å². The minimum absolute atomic E-state index is 0.206. The second kappa shape index (κ2) is 10.6. The zero-order valence-electron chi connectivity index (χ0n) is 23.1. The van der Waals surface area contributed by atoms with E-state index in [0.29, 0.717) is 57.0 Å². The van der Waals surface area contributed by atoms with Gasteiger partial charge in [0.25, 0.3) is 0 Å². The largest absolute Gasteiger partial charge is 0.384 e. The number of anilines is 2. The highest BCUT2D eigenvalue weighted by atomic mass is 19.1. The molecule has 0 aliphatic rings. The number of imidazole rings is 1. The van der Waals surface area contributed by atoms with Gasteiger partial charge in [0, 0.05) is 61.8 Å². The van der Waals surface area contributed by atoms with Crippen molar-refractivity contribution in [2.24, 2.45) is 0 Å². The van der Waals surface area contributed by atoms with Gasteiger partial charge in [-0.3, -0.25) is 15.1 Å². The fourth-order valence-corrected chi connectivity index (χ4v) is 4.77. The molecular formula is C30H29F2N9. The second-order valence-electron chi connectivity index (χ2n) is 10.4. The Morgan fingerprint density at radius 1 is 0.902 bits per heavy atom. The Morgan fingerprint density at radius 3 is 2.56 bits per heavy atom. The average Bonchev–Trinajstić information content (AvgIpc) is 3.57. The van der Waals surface area contributed by atoms with Crippen molar-refractivity contribution < 1.29 is 8.78 Å². The molecule has 6 aromatic rings. The number of aromatic nitrogens is 6. The fourth-order valence-electron chi connectivity index (χ4n) is 4.77. The quantitative estimate of drug-likeness (QED) is 0.227. The molecule has 4 aromatic heterocycles. The first-order valence-corrected chi connectivity index (χ1v) is 13.1. The average molecular weight is 554 g/mol. The van der Waals surface area contributed by atoms with Gasteiger partial charge in [-0.25, -0.2) is 13.8 Å². The van der Waals surface area contributed by atoms with Crippen molar-refractivity contribution in [3.8, 4) is 33.9 Å². The van der Waals surface area contributed by atoms with E-state index >= 15 is 4.39 Å². The van der Waals surface area contributed by atoms with Crippen LogP contribution in [0.25, 0.3) is 55.8 Å². The topological polar surface area (TPSA) is 102 Å². The van der Waals surface area contributed by atoms with Gasteiger partial charge in [-0.15, -0.1) is 0 Å². The summed E-state index contributed by atoms with van der Waals surface area (Å²) in [5.41, 5.74) is 6.14. The molecule has 0 saturated carbocycles. The van der Waals surface area contributed by atoms with Crippen molar-refractivity contribution in [2.45, 2.75) is 0 Å². The van der Waals surface area contributed by atoms with Crippen LogP contribution in [0.2, 0.25) is 0 Å². The standard InChI is InChI=1S/C30H29F2N9/c1-40(2)8-7-34-21-10-18(9-20(31)14-21)26-29-25(5-6-35-26)36-30(37-29)28-23-12-17(13-24(32)27(23)38-39-28)19-11-22(41(3)4)16-33-15-19/h5-6,9-16,34H,7-8H2,1-4H3,(H,36,37)(H,38,39). The molecule has 41 heavy (non-hydrogen) atoms. The predicted molar refractivity (Wildman–Crippen MR) is 159 cm³/mol. The van der Waals surface area contributed by atoms with Crippen LogP contribution in [0.1, 0.15) is 0 Å². The molecule has 3 N–H and O–H groups in total. The summed E-state index contributed by atoms with van der Waals surface area (Å²) in [6, 6.07) is 11.8. The van der Waals surface area contributed by atoms with Gasteiger partial charge in [0.05, 0.1) is 23.1 Å². The number of likely N-dealkylation sites (N-methyl/N-ethyl adjacent to an activating group) is 1. The number of fused-ring (bicyclic) bond motifs is 2. The molecule has 208 valence electrons. The highest BCUT2D eigenvalue weighted by molar-refractivity contribution is 5.98. The van der Waals surface area contributed by atoms with Crippen molar-refractivity contribution in [3.63, 3.8) is 0 Å².